The van der Waals surface area contributed by atoms with Crippen LogP contribution in [0.25, 0.3) is 0 Å². The topological polar surface area (TPSA) is 80.3 Å². The van der Waals surface area contributed by atoms with Gasteiger partial charge in [-0.15, -0.1) is 0 Å². The Morgan fingerprint density at radius 3 is 2.71 bits per heavy atom. The molecule has 1 saturated heterocycles. The summed E-state index contributed by atoms with van der Waals surface area (Å²) in [6, 6.07) is -0.427. The maximum atomic E-state index is 11.2. The minimum atomic E-state index is -3.19. The van der Waals surface area contributed by atoms with Gasteiger partial charge in [-0.05, 0) is 0 Å². The van der Waals surface area contributed by atoms with Crippen LogP contribution in [0.2, 0.25) is 0 Å². The molecule has 6 nitrogen and oxygen atoms in total. The molecule has 2 N–H and O–H groups in total. The number of nitrogens with zero attached hydrogens (tertiary/aromatic N) is 1. The van der Waals surface area contributed by atoms with E-state index in [9.17, 15) is 13.2 Å². The molecule has 0 bridgehead atoms. The smallest absolute Gasteiger partial charge is 0.365 e. The van der Waals surface area contributed by atoms with Crippen molar-refractivity contribution in [3.8, 4) is 0 Å². The van der Waals surface area contributed by atoms with E-state index in [4.69, 9.17) is 0 Å². The van der Waals surface area contributed by atoms with Gasteiger partial charge in [0, 0.05) is 0 Å². The number of sulfonamides is 1. The number of piperazine rings is 1. The Morgan fingerprint density at radius 2 is 2.21 bits per heavy atom. The fourth-order valence-electron chi connectivity index (χ4n) is 1.43. The zero-order valence-corrected chi connectivity index (χ0v) is 9.08. The summed E-state index contributed by atoms with van der Waals surface area (Å²) in [6.45, 7) is 1.24. The monoisotopic (exact) mass is 223 g/mol. The number of ether oxygens (including phenoxy) is 1. The number of rotatable bonds is 2. The third kappa shape index (κ3) is 2.66. The van der Waals surface area contributed by atoms with Crippen molar-refractivity contribution in [3.63, 3.8) is 0 Å². The van der Waals surface area contributed by atoms with Crippen LogP contribution in [-0.2, 0) is 19.6 Å². The summed E-state index contributed by atoms with van der Waals surface area (Å²) in [7, 11) is -1.89. The van der Waals surface area contributed by atoms with Crippen LogP contribution in [0.4, 0.5) is 0 Å². The standard InChI is InChI=1S/C7H14N2O4S/c1-13-7(10)6-5-9(4-3-8-6)14(2,11)12/h6,8H,3-5H2,1-2H3/p+1/t6-/m1/s1. The van der Waals surface area contributed by atoms with Crippen molar-refractivity contribution in [1.82, 2.24) is 4.31 Å². The molecule has 0 aromatic carbocycles. The van der Waals surface area contributed by atoms with Gasteiger partial charge in [-0.25, -0.2) is 13.2 Å². The van der Waals surface area contributed by atoms with Gasteiger partial charge in [0.25, 0.3) is 0 Å². The molecule has 0 aromatic rings. The quantitative estimate of drug-likeness (QED) is 0.519. The van der Waals surface area contributed by atoms with E-state index in [1.54, 1.807) is 5.32 Å². The maximum Gasteiger partial charge on any atom is 0.365 e. The van der Waals surface area contributed by atoms with E-state index in [1.165, 1.54) is 11.4 Å². The summed E-state index contributed by atoms with van der Waals surface area (Å²) in [5.74, 6) is -0.377. The summed E-state index contributed by atoms with van der Waals surface area (Å²) in [5, 5.41) is 1.80. The van der Waals surface area contributed by atoms with Crippen LogP contribution < -0.4 is 5.32 Å². The molecule has 1 fully saturated rings. The van der Waals surface area contributed by atoms with Crippen LogP contribution in [-0.4, -0.2) is 57.7 Å². The van der Waals surface area contributed by atoms with Gasteiger partial charge in [0.1, 0.15) is 0 Å². The molecule has 1 heterocycles. The van der Waals surface area contributed by atoms with Crippen molar-refractivity contribution in [3.05, 3.63) is 0 Å². The van der Waals surface area contributed by atoms with Crippen molar-refractivity contribution in [1.29, 1.82) is 0 Å². The lowest BCUT2D eigenvalue weighted by Crippen LogP contribution is -2.97. The van der Waals surface area contributed by atoms with Gasteiger partial charge < -0.3 is 10.1 Å². The summed E-state index contributed by atoms with van der Waals surface area (Å²) < 4.78 is 28.3. The third-order valence-electron chi connectivity index (χ3n) is 2.20. The zero-order valence-electron chi connectivity index (χ0n) is 8.26. The Hall–Kier alpha value is -0.660. The van der Waals surface area contributed by atoms with Crippen molar-refractivity contribution in [2.45, 2.75) is 6.04 Å². The molecule has 0 radical (unpaired) electrons. The lowest BCUT2D eigenvalue weighted by atomic mass is 10.2. The first-order valence-corrected chi connectivity index (χ1v) is 6.16. The minimum Gasteiger partial charge on any atom is -0.465 e. The van der Waals surface area contributed by atoms with E-state index < -0.39 is 16.1 Å². The summed E-state index contributed by atoms with van der Waals surface area (Å²) in [5.41, 5.74) is 0. The second-order valence-electron chi connectivity index (χ2n) is 3.28. The average molecular weight is 223 g/mol. The van der Waals surface area contributed by atoms with Gasteiger partial charge in [0.15, 0.2) is 6.04 Å². The first kappa shape index (κ1) is 11.4. The SMILES string of the molecule is COC(=O)[C@H]1CN(S(C)(=O)=O)CC[NH2+]1. The lowest BCUT2D eigenvalue weighted by Gasteiger charge is -2.27. The predicted octanol–water partition coefficient (Wildman–Crippen LogP) is -2.63. The Kier molecular flexibility index (Phi) is 3.46. The normalized spacial score (nSPS) is 24.6. The van der Waals surface area contributed by atoms with Gasteiger partial charge in [0.2, 0.25) is 10.0 Å². The zero-order chi connectivity index (χ0) is 10.8. The van der Waals surface area contributed by atoms with Crippen LogP contribution >= 0.6 is 0 Å². The second kappa shape index (κ2) is 4.24. The first-order chi connectivity index (χ1) is 6.45. The van der Waals surface area contributed by atoms with Gasteiger partial charge >= 0.3 is 5.97 Å². The van der Waals surface area contributed by atoms with E-state index in [0.29, 0.717) is 13.1 Å². The van der Waals surface area contributed by atoms with Gasteiger partial charge in [-0.1, -0.05) is 0 Å². The molecule has 0 spiro atoms. The third-order valence-corrected chi connectivity index (χ3v) is 3.47. The highest BCUT2D eigenvalue weighted by atomic mass is 32.2. The number of methoxy groups -OCH3 is 1. The molecular formula is C7H15N2O4S+. The number of esters is 1. The highest BCUT2D eigenvalue weighted by molar-refractivity contribution is 7.88. The predicted molar refractivity (Wildman–Crippen MR) is 49.0 cm³/mol. The van der Waals surface area contributed by atoms with Crippen molar-refractivity contribution < 1.29 is 23.3 Å². The van der Waals surface area contributed by atoms with E-state index in [0.717, 1.165) is 6.26 Å². The minimum absolute atomic E-state index is 0.200. The Balaban J connectivity index is 2.65. The highest BCUT2D eigenvalue weighted by Crippen LogP contribution is 2.01. The number of nitrogens with two attached hydrogens (primary N) is 1. The molecular weight excluding hydrogens is 208 g/mol. The highest BCUT2D eigenvalue weighted by Gasteiger charge is 2.33. The van der Waals surface area contributed by atoms with E-state index in [-0.39, 0.29) is 12.5 Å². The van der Waals surface area contributed by atoms with Gasteiger partial charge in [-0.3, -0.25) is 0 Å². The molecule has 82 valence electrons. The molecule has 0 aromatic heterocycles. The number of hydrogen-bond acceptors (Lipinski definition) is 4. The summed E-state index contributed by atoms with van der Waals surface area (Å²) >= 11 is 0. The number of quaternary nitrogens is 1. The van der Waals surface area contributed by atoms with Gasteiger partial charge in [0.05, 0.1) is 33.0 Å². The van der Waals surface area contributed by atoms with Crippen molar-refractivity contribution in [2.75, 3.05) is 33.0 Å². The Bertz CT molecular complexity index is 314. The number of carbonyl (C=O) groups excluding carboxylic acids is 1. The lowest BCUT2D eigenvalue weighted by molar-refractivity contribution is -0.684. The molecule has 0 amide bonds. The fraction of sp³-hybridized carbons (Fsp3) is 0.857. The van der Waals surface area contributed by atoms with Crippen molar-refractivity contribution >= 4 is 16.0 Å². The maximum absolute atomic E-state index is 11.2. The van der Waals surface area contributed by atoms with Crippen LogP contribution in [0.5, 0.6) is 0 Å². The Labute approximate surface area is 83.3 Å². The molecule has 0 unspecified atom stereocenters. The molecule has 1 aliphatic rings. The summed E-state index contributed by atoms with van der Waals surface area (Å²) in [6.07, 6.45) is 1.15. The second-order valence-corrected chi connectivity index (χ2v) is 5.26. The Morgan fingerprint density at radius 1 is 1.57 bits per heavy atom. The molecule has 14 heavy (non-hydrogen) atoms. The van der Waals surface area contributed by atoms with Crippen LogP contribution in [0.3, 0.4) is 0 Å². The fourth-order valence-corrected chi connectivity index (χ4v) is 2.30. The van der Waals surface area contributed by atoms with Gasteiger partial charge in [-0.2, -0.15) is 4.31 Å². The van der Waals surface area contributed by atoms with Crippen LogP contribution in [0.1, 0.15) is 0 Å². The van der Waals surface area contributed by atoms with E-state index >= 15 is 0 Å². The van der Waals surface area contributed by atoms with Crippen LogP contribution in [0, 0.1) is 0 Å². The number of carbonyl (C=O) groups is 1. The van der Waals surface area contributed by atoms with E-state index in [2.05, 4.69) is 4.74 Å². The van der Waals surface area contributed by atoms with Crippen molar-refractivity contribution in [2.24, 2.45) is 0 Å². The van der Waals surface area contributed by atoms with Crippen LogP contribution in [0.15, 0.2) is 0 Å². The first-order valence-electron chi connectivity index (χ1n) is 4.31. The average Bonchev–Trinajstić information content (AvgIpc) is 2.15. The molecule has 7 heteroatoms. The molecule has 0 saturated carbocycles. The molecule has 1 aliphatic heterocycles. The molecule has 1 rings (SSSR count). The molecule has 1 atom stereocenters. The summed E-state index contributed by atoms with van der Waals surface area (Å²) in [4.78, 5) is 11.2. The molecule has 0 aliphatic carbocycles. The number of hydrogen-bond donors (Lipinski definition) is 1. The van der Waals surface area contributed by atoms with E-state index in [1.807, 2.05) is 0 Å². The largest absolute Gasteiger partial charge is 0.465 e.